The molecule has 90 valence electrons. The van der Waals surface area contributed by atoms with Crippen LogP contribution >= 0.6 is 0 Å². The van der Waals surface area contributed by atoms with Crippen molar-refractivity contribution < 1.29 is 4.39 Å². The topological polar surface area (TPSA) is 12.9 Å². The van der Waals surface area contributed by atoms with Crippen LogP contribution in [0.15, 0.2) is 60.7 Å². The lowest BCUT2D eigenvalue weighted by Crippen LogP contribution is -1.84. The average molecular weight is 247 g/mol. The summed E-state index contributed by atoms with van der Waals surface area (Å²) in [6.07, 6.45) is 0. The molecule has 2 heteroatoms. The number of hydrogen-bond donors (Lipinski definition) is 0. The molecule has 0 aliphatic carbocycles. The molecule has 0 saturated heterocycles. The van der Waals surface area contributed by atoms with Gasteiger partial charge in [-0.1, -0.05) is 30.2 Å². The smallest absolute Gasteiger partial charge is 0.123 e. The SMILES string of the molecule is Fc1ccc(C#Cc2ccc3ccccc3n2)cc1. The van der Waals surface area contributed by atoms with Crippen LogP contribution in [0.5, 0.6) is 0 Å². The molecule has 0 bridgehead atoms. The predicted molar refractivity (Wildman–Crippen MR) is 74.1 cm³/mol. The second-order valence-corrected chi connectivity index (χ2v) is 4.15. The Morgan fingerprint density at radius 1 is 0.789 bits per heavy atom. The Bertz CT molecular complexity index is 779. The molecule has 1 nitrogen and oxygen atoms in total. The maximum Gasteiger partial charge on any atom is 0.123 e. The molecule has 0 radical (unpaired) electrons. The highest BCUT2D eigenvalue weighted by Gasteiger charge is 1.94. The van der Waals surface area contributed by atoms with Crippen molar-refractivity contribution in [2.24, 2.45) is 0 Å². The van der Waals surface area contributed by atoms with Crippen molar-refractivity contribution in [1.29, 1.82) is 0 Å². The van der Waals surface area contributed by atoms with Crippen LogP contribution in [0.2, 0.25) is 0 Å². The van der Waals surface area contributed by atoms with Crippen LogP contribution in [-0.4, -0.2) is 4.98 Å². The first-order chi connectivity index (χ1) is 9.31. The van der Waals surface area contributed by atoms with Gasteiger partial charge in [0.05, 0.1) is 5.52 Å². The molecule has 0 N–H and O–H groups in total. The normalized spacial score (nSPS) is 9.95. The van der Waals surface area contributed by atoms with E-state index in [-0.39, 0.29) is 5.82 Å². The van der Waals surface area contributed by atoms with Gasteiger partial charge in [-0.3, -0.25) is 0 Å². The van der Waals surface area contributed by atoms with E-state index >= 15 is 0 Å². The first-order valence-electron chi connectivity index (χ1n) is 5.95. The molecule has 0 spiro atoms. The van der Waals surface area contributed by atoms with E-state index in [1.807, 2.05) is 36.4 Å². The minimum atomic E-state index is -0.255. The average Bonchev–Trinajstić information content (AvgIpc) is 2.46. The number of benzene rings is 2. The van der Waals surface area contributed by atoms with E-state index < -0.39 is 0 Å². The van der Waals surface area contributed by atoms with Gasteiger partial charge in [0.25, 0.3) is 0 Å². The van der Waals surface area contributed by atoms with Crippen LogP contribution in [0.3, 0.4) is 0 Å². The maximum absolute atomic E-state index is 12.8. The fraction of sp³-hybridized carbons (Fsp3) is 0. The zero-order valence-electron chi connectivity index (χ0n) is 10.1. The van der Waals surface area contributed by atoms with E-state index in [0.717, 1.165) is 16.5 Å². The summed E-state index contributed by atoms with van der Waals surface area (Å²) >= 11 is 0. The summed E-state index contributed by atoms with van der Waals surface area (Å²) in [6, 6.07) is 17.9. The molecule has 0 atom stereocenters. The molecular formula is C17H10FN. The van der Waals surface area contributed by atoms with E-state index in [4.69, 9.17) is 0 Å². The van der Waals surface area contributed by atoms with Crippen LogP contribution in [0, 0.1) is 17.7 Å². The van der Waals surface area contributed by atoms with Crippen molar-refractivity contribution in [2.75, 3.05) is 0 Å². The van der Waals surface area contributed by atoms with E-state index in [1.165, 1.54) is 12.1 Å². The molecule has 0 unspecified atom stereocenters. The summed E-state index contributed by atoms with van der Waals surface area (Å²) in [6.45, 7) is 0. The molecule has 0 saturated carbocycles. The molecule has 0 amide bonds. The highest BCUT2D eigenvalue weighted by atomic mass is 19.1. The van der Waals surface area contributed by atoms with Gasteiger partial charge >= 0.3 is 0 Å². The van der Waals surface area contributed by atoms with Gasteiger partial charge in [0.15, 0.2) is 0 Å². The van der Waals surface area contributed by atoms with Crippen molar-refractivity contribution in [1.82, 2.24) is 4.98 Å². The highest BCUT2D eigenvalue weighted by molar-refractivity contribution is 5.78. The first-order valence-corrected chi connectivity index (χ1v) is 5.95. The molecule has 1 heterocycles. The third-order valence-corrected chi connectivity index (χ3v) is 2.78. The molecule has 1 aromatic heterocycles. The Balaban J connectivity index is 1.95. The molecule has 2 aromatic carbocycles. The highest BCUT2D eigenvalue weighted by Crippen LogP contribution is 2.11. The Morgan fingerprint density at radius 2 is 1.58 bits per heavy atom. The summed E-state index contributed by atoms with van der Waals surface area (Å²) in [5.74, 6) is 5.71. The monoisotopic (exact) mass is 247 g/mol. The Kier molecular flexibility index (Phi) is 2.96. The van der Waals surface area contributed by atoms with Crippen molar-refractivity contribution in [3.8, 4) is 11.8 Å². The molecular weight excluding hydrogens is 237 g/mol. The number of rotatable bonds is 0. The molecule has 0 fully saturated rings. The van der Waals surface area contributed by atoms with E-state index in [0.29, 0.717) is 5.69 Å². The fourth-order valence-electron chi connectivity index (χ4n) is 1.81. The third-order valence-electron chi connectivity index (χ3n) is 2.78. The number of pyridine rings is 1. The number of halogens is 1. The quantitative estimate of drug-likeness (QED) is 0.551. The largest absolute Gasteiger partial charge is 0.239 e. The maximum atomic E-state index is 12.8. The van der Waals surface area contributed by atoms with Crippen LogP contribution < -0.4 is 0 Å². The van der Waals surface area contributed by atoms with Gasteiger partial charge in [0.2, 0.25) is 0 Å². The number of nitrogens with zero attached hydrogens (tertiary/aromatic N) is 1. The predicted octanol–water partition coefficient (Wildman–Crippen LogP) is 3.77. The molecule has 19 heavy (non-hydrogen) atoms. The summed E-state index contributed by atoms with van der Waals surface area (Å²) < 4.78 is 12.8. The summed E-state index contributed by atoms with van der Waals surface area (Å²) in [7, 11) is 0. The van der Waals surface area contributed by atoms with Gasteiger partial charge in [-0.25, -0.2) is 9.37 Å². The lowest BCUT2D eigenvalue weighted by molar-refractivity contribution is 0.627. The van der Waals surface area contributed by atoms with Gasteiger partial charge in [-0.05, 0) is 42.3 Å². The van der Waals surface area contributed by atoms with Crippen molar-refractivity contribution in [3.63, 3.8) is 0 Å². The van der Waals surface area contributed by atoms with Crippen LogP contribution in [0.1, 0.15) is 11.3 Å². The lowest BCUT2D eigenvalue weighted by Gasteiger charge is -1.96. The number of hydrogen-bond acceptors (Lipinski definition) is 1. The third kappa shape index (κ3) is 2.61. The summed E-state index contributed by atoms with van der Waals surface area (Å²) in [5, 5.41) is 1.09. The zero-order valence-corrected chi connectivity index (χ0v) is 10.1. The van der Waals surface area contributed by atoms with Gasteiger partial charge in [-0.2, -0.15) is 0 Å². The van der Waals surface area contributed by atoms with Crippen molar-refractivity contribution in [2.45, 2.75) is 0 Å². The van der Waals surface area contributed by atoms with Crippen LogP contribution in [0.4, 0.5) is 4.39 Å². The second-order valence-electron chi connectivity index (χ2n) is 4.15. The lowest BCUT2D eigenvalue weighted by atomic mass is 10.2. The summed E-state index contributed by atoms with van der Waals surface area (Å²) in [5.41, 5.74) is 2.41. The van der Waals surface area contributed by atoms with Crippen LogP contribution in [0.25, 0.3) is 10.9 Å². The van der Waals surface area contributed by atoms with Crippen LogP contribution in [-0.2, 0) is 0 Å². The van der Waals surface area contributed by atoms with E-state index in [9.17, 15) is 4.39 Å². The number of aromatic nitrogens is 1. The molecule has 0 aliphatic rings. The standard InChI is InChI=1S/C17H10FN/c18-15-9-5-13(6-10-15)7-11-16-12-8-14-3-1-2-4-17(14)19-16/h1-6,8-10,12H. The Morgan fingerprint density at radius 3 is 2.42 bits per heavy atom. The van der Waals surface area contributed by atoms with Crippen molar-refractivity contribution in [3.05, 3.63) is 77.7 Å². The summed E-state index contributed by atoms with van der Waals surface area (Å²) in [4.78, 5) is 4.46. The van der Waals surface area contributed by atoms with Gasteiger partial charge < -0.3 is 0 Å². The second kappa shape index (κ2) is 4.91. The molecule has 3 aromatic rings. The first kappa shape index (κ1) is 11.4. The number of para-hydroxylation sites is 1. The fourth-order valence-corrected chi connectivity index (χ4v) is 1.81. The Labute approximate surface area is 110 Å². The minimum Gasteiger partial charge on any atom is -0.239 e. The van der Waals surface area contributed by atoms with E-state index in [2.05, 4.69) is 16.8 Å². The van der Waals surface area contributed by atoms with Crippen molar-refractivity contribution >= 4 is 10.9 Å². The van der Waals surface area contributed by atoms with Gasteiger partial charge in [0.1, 0.15) is 11.5 Å². The van der Waals surface area contributed by atoms with Gasteiger partial charge in [-0.15, -0.1) is 0 Å². The van der Waals surface area contributed by atoms with E-state index in [1.54, 1.807) is 12.1 Å². The molecule has 0 aliphatic heterocycles. The number of fused-ring (bicyclic) bond motifs is 1. The van der Waals surface area contributed by atoms with Gasteiger partial charge in [0, 0.05) is 10.9 Å². The Hall–Kier alpha value is -2.66. The minimum absolute atomic E-state index is 0.255. The molecule has 3 rings (SSSR count). The zero-order chi connectivity index (χ0) is 13.1.